The number of nitrogens with zero attached hydrogens (tertiary/aromatic N) is 1. The second-order valence-electron chi connectivity index (χ2n) is 8.07. The van der Waals surface area contributed by atoms with Crippen LogP contribution in [0.5, 0.6) is 5.75 Å². The number of halogens is 6. The van der Waals surface area contributed by atoms with Gasteiger partial charge < -0.3 is 15.4 Å². The van der Waals surface area contributed by atoms with Gasteiger partial charge in [-0.15, -0.1) is 0 Å². The van der Waals surface area contributed by atoms with E-state index >= 15 is 0 Å². The molecule has 2 amide bonds. The minimum Gasteiger partial charge on any atom is -0.476 e. The zero-order valence-electron chi connectivity index (χ0n) is 18.7. The molecule has 0 aromatic heterocycles. The molecule has 0 unspecified atom stereocenters. The largest absolute Gasteiger partial charge is 0.476 e. The third-order valence-electron chi connectivity index (χ3n) is 5.46. The van der Waals surface area contributed by atoms with Gasteiger partial charge in [0, 0.05) is 27.8 Å². The topological polar surface area (TPSA) is 91.2 Å². The van der Waals surface area contributed by atoms with E-state index in [0.29, 0.717) is 12.1 Å². The minimum absolute atomic E-state index is 0.0144. The number of hydrogen-bond acceptors (Lipinski definition) is 4. The van der Waals surface area contributed by atoms with Gasteiger partial charge in [0.1, 0.15) is 23.5 Å². The average Bonchev–Trinajstić information content (AvgIpc) is 3.16. The van der Waals surface area contributed by atoms with Crippen LogP contribution in [0.4, 0.5) is 27.6 Å². The standard InChI is InChI=1S/C25H15ClF5N3O3/c1-11(10-32)37-16-8-18-21(22(34-24(18)36)17-7-14(27)2-3-19(17)26)20(9-16)33-23(35)12-4-13(25(29,30)31)6-15(28)5-12/h2-9,11,22H,1H3,(H,33,35)(H,34,36)/t11-,22-/m1/s1. The third-order valence-corrected chi connectivity index (χ3v) is 5.81. The Morgan fingerprint density at radius 2 is 1.86 bits per heavy atom. The molecule has 3 aromatic carbocycles. The Morgan fingerprint density at radius 3 is 2.54 bits per heavy atom. The highest BCUT2D eigenvalue weighted by molar-refractivity contribution is 6.31. The van der Waals surface area contributed by atoms with E-state index in [9.17, 15) is 31.5 Å². The predicted octanol–water partition coefficient (Wildman–Crippen LogP) is 6.01. The number of benzene rings is 3. The Bertz CT molecular complexity index is 1470. The highest BCUT2D eigenvalue weighted by Crippen LogP contribution is 2.42. The Kier molecular flexibility index (Phi) is 6.80. The zero-order valence-corrected chi connectivity index (χ0v) is 19.5. The number of carbonyl (C=O) groups excluding carboxylic acids is 2. The van der Waals surface area contributed by atoms with Crippen LogP contribution in [-0.4, -0.2) is 17.9 Å². The van der Waals surface area contributed by atoms with Crippen LogP contribution < -0.4 is 15.4 Å². The van der Waals surface area contributed by atoms with Crippen molar-refractivity contribution in [3.63, 3.8) is 0 Å². The number of fused-ring (bicyclic) bond motifs is 1. The molecular formula is C25H15ClF5N3O3. The molecule has 0 radical (unpaired) electrons. The summed E-state index contributed by atoms with van der Waals surface area (Å²) in [7, 11) is 0. The van der Waals surface area contributed by atoms with Crippen LogP contribution in [-0.2, 0) is 6.18 Å². The van der Waals surface area contributed by atoms with Crippen LogP contribution in [0.25, 0.3) is 0 Å². The summed E-state index contributed by atoms with van der Waals surface area (Å²) in [6.45, 7) is 1.42. The number of nitriles is 1. The predicted molar refractivity (Wildman–Crippen MR) is 122 cm³/mol. The zero-order chi connectivity index (χ0) is 27.1. The lowest BCUT2D eigenvalue weighted by Crippen LogP contribution is -2.21. The van der Waals surface area contributed by atoms with E-state index in [1.807, 2.05) is 6.07 Å². The summed E-state index contributed by atoms with van der Waals surface area (Å²) in [4.78, 5) is 25.8. The smallest absolute Gasteiger partial charge is 0.416 e. The van der Waals surface area contributed by atoms with Gasteiger partial charge >= 0.3 is 6.18 Å². The van der Waals surface area contributed by atoms with Crippen molar-refractivity contribution in [3.05, 3.63) is 93.0 Å². The van der Waals surface area contributed by atoms with Crippen molar-refractivity contribution in [1.82, 2.24) is 5.32 Å². The van der Waals surface area contributed by atoms with Gasteiger partial charge in [0.15, 0.2) is 6.10 Å². The van der Waals surface area contributed by atoms with Crippen LogP contribution in [0, 0.1) is 23.0 Å². The second kappa shape index (κ2) is 9.71. The summed E-state index contributed by atoms with van der Waals surface area (Å²) in [5, 5.41) is 14.2. The lowest BCUT2D eigenvalue weighted by Gasteiger charge is -2.19. The van der Waals surface area contributed by atoms with Gasteiger partial charge in [0.05, 0.1) is 22.9 Å². The van der Waals surface area contributed by atoms with Crippen LogP contribution >= 0.6 is 11.6 Å². The molecule has 1 aliphatic rings. The first-order valence-corrected chi connectivity index (χ1v) is 10.9. The Balaban J connectivity index is 1.84. The van der Waals surface area contributed by atoms with E-state index in [4.69, 9.17) is 21.6 Å². The summed E-state index contributed by atoms with van der Waals surface area (Å²) in [5.41, 5.74) is -1.87. The van der Waals surface area contributed by atoms with E-state index in [2.05, 4.69) is 10.6 Å². The van der Waals surface area contributed by atoms with E-state index in [0.717, 1.165) is 12.1 Å². The van der Waals surface area contributed by atoms with Crippen LogP contribution in [0.3, 0.4) is 0 Å². The first-order valence-electron chi connectivity index (χ1n) is 10.6. The lowest BCUT2D eigenvalue weighted by atomic mass is 9.95. The normalized spacial score (nSPS) is 15.4. The van der Waals surface area contributed by atoms with Crippen molar-refractivity contribution in [3.8, 4) is 11.8 Å². The van der Waals surface area contributed by atoms with Crippen molar-refractivity contribution in [2.45, 2.75) is 25.2 Å². The molecule has 0 saturated carbocycles. The second-order valence-corrected chi connectivity index (χ2v) is 8.48. The highest BCUT2D eigenvalue weighted by atomic mass is 35.5. The number of hydrogen-bond donors (Lipinski definition) is 2. The van der Waals surface area contributed by atoms with Gasteiger partial charge in [-0.1, -0.05) is 11.6 Å². The summed E-state index contributed by atoms with van der Waals surface area (Å²) < 4.78 is 72.8. The Hall–Kier alpha value is -4.17. The van der Waals surface area contributed by atoms with E-state index < -0.39 is 52.9 Å². The molecule has 0 bridgehead atoms. The first-order chi connectivity index (χ1) is 17.4. The van der Waals surface area contributed by atoms with Crippen molar-refractivity contribution >= 4 is 29.1 Å². The van der Waals surface area contributed by atoms with E-state index in [1.54, 1.807) is 0 Å². The maximum atomic E-state index is 14.0. The number of alkyl halides is 3. The molecule has 3 aromatic rings. The van der Waals surface area contributed by atoms with Crippen molar-refractivity contribution < 1.29 is 36.3 Å². The Morgan fingerprint density at radius 1 is 1.14 bits per heavy atom. The molecule has 190 valence electrons. The molecule has 2 N–H and O–H groups in total. The Labute approximate surface area is 211 Å². The van der Waals surface area contributed by atoms with Gasteiger partial charge in [0.25, 0.3) is 11.8 Å². The molecule has 4 rings (SSSR count). The molecule has 37 heavy (non-hydrogen) atoms. The number of carbonyl (C=O) groups is 2. The molecule has 12 heteroatoms. The van der Waals surface area contributed by atoms with Gasteiger partial charge in [-0.05, 0) is 49.4 Å². The molecule has 0 aliphatic carbocycles. The number of rotatable bonds is 5. The van der Waals surface area contributed by atoms with Gasteiger partial charge in [-0.2, -0.15) is 18.4 Å². The van der Waals surface area contributed by atoms with Crippen molar-refractivity contribution in [2.75, 3.05) is 5.32 Å². The summed E-state index contributed by atoms with van der Waals surface area (Å²) >= 11 is 6.23. The molecular weight excluding hydrogens is 521 g/mol. The summed E-state index contributed by atoms with van der Waals surface area (Å²) in [6, 6.07) is 8.12. The maximum absolute atomic E-state index is 14.0. The van der Waals surface area contributed by atoms with Crippen LogP contribution in [0.2, 0.25) is 5.02 Å². The molecule has 0 spiro atoms. The molecule has 2 atom stereocenters. The highest BCUT2D eigenvalue weighted by Gasteiger charge is 2.36. The SMILES string of the molecule is C[C@H](C#N)Oc1cc(NC(=O)c2cc(F)cc(C(F)(F)F)c2)c2c(c1)C(=O)N[C@@H]2c1cc(F)ccc1Cl. The number of amides is 2. The van der Waals surface area contributed by atoms with Crippen molar-refractivity contribution in [2.24, 2.45) is 0 Å². The van der Waals surface area contributed by atoms with E-state index in [1.165, 1.54) is 25.1 Å². The van der Waals surface area contributed by atoms with Gasteiger partial charge in [0.2, 0.25) is 0 Å². The fraction of sp³-hybridized carbons (Fsp3) is 0.160. The third kappa shape index (κ3) is 5.34. The maximum Gasteiger partial charge on any atom is 0.416 e. The van der Waals surface area contributed by atoms with Gasteiger partial charge in [-0.3, -0.25) is 9.59 Å². The lowest BCUT2D eigenvalue weighted by molar-refractivity contribution is -0.137. The summed E-state index contributed by atoms with van der Waals surface area (Å²) in [5.74, 6) is -3.72. The average molecular weight is 536 g/mol. The molecule has 0 fully saturated rings. The summed E-state index contributed by atoms with van der Waals surface area (Å²) in [6.07, 6.45) is -5.87. The molecule has 0 saturated heterocycles. The first kappa shape index (κ1) is 25.9. The fourth-order valence-electron chi connectivity index (χ4n) is 3.86. The number of nitrogens with one attached hydrogen (secondary N) is 2. The van der Waals surface area contributed by atoms with Crippen LogP contribution in [0.1, 0.15) is 50.4 Å². The fourth-order valence-corrected chi connectivity index (χ4v) is 4.08. The molecule has 6 nitrogen and oxygen atoms in total. The van der Waals surface area contributed by atoms with E-state index in [-0.39, 0.29) is 39.2 Å². The molecule has 1 aliphatic heterocycles. The molecule has 1 heterocycles. The van der Waals surface area contributed by atoms with Crippen molar-refractivity contribution in [1.29, 1.82) is 5.26 Å². The monoisotopic (exact) mass is 535 g/mol. The minimum atomic E-state index is -4.91. The number of ether oxygens (including phenoxy) is 1. The number of anilines is 1. The van der Waals surface area contributed by atoms with Crippen LogP contribution in [0.15, 0.2) is 48.5 Å². The van der Waals surface area contributed by atoms with Gasteiger partial charge in [-0.25, -0.2) is 8.78 Å². The quantitative estimate of drug-likeness (QED) is 0.391.